The number of nitriles is 1. The Labute approximate surface area is 128 Å². The fourth-order valence-electron chi connectivity index (χ4n) is 2.12. The van der Waals surface area contributed by atoms with Gasteiger partial charge in [-0.2, -0.15) is 5.26 Å². The number of nitrogens with one attached hydrogen (secondary N) is 1. The van der Waals surface area contributed by atoms with Gasteiger partial charge < -0.3 is 5.32 Å². The second-order valence-electron chi connectivity index (χ2n) is 5.04. The maximum Gasteiger partial charge on any atom is 0.238 e. The van der Waals surface area contributed by atoms with Crippen LogP contribution in [0.5, 0.6) is 0 Å². The Balaban J connectivity index is 1.90. The SMILES string of the molecule is CN(CC(=O)Nc1cccc(C#N)c1)Cc1cccc(F)c1. The summed E-state index contributed by atoms with van der Waals surface area (Å²) in [5.41, 5.74) is 1.89. The van der Waals surface area contributed by atoms with Gasteiger partial charge in [0.25, 0.3) is 0 Å². The average Bonchev–Trinajstić information content (AvgIpc) is 2.47. The fraction of sp³-hybridized carbons (Fsp3) is 0.176. The molecule has 0 saturated carbocycles. The van der Waals surface area contributed by atoms with Crippen molar-refractivity contribution in [2.24, 2.45) is 0 Å². The Bertz CT molecular complexity index is 709. The van der Waals surface area contributed by atoms with E-state index in [2.05, 4.69) is 5.32 Å². The van der Waals surface area contributed by atoms with E-state index in [1.54, 1.807) is 42.3 Å². The Kier molecular flexibility index (Phi) is 5.23. The number of hydrogen-bond donors (Lipinski definition) is 1. The molecule has 0 aliphatic carbocycles. The summed E-state index contributed by atoms with van der Waals surface area (Å²) >= 11 is 0. The van der Waals surface area contributed by atoms with Crippen molar-refractivity contribution in [3.63, 3.8) is 0 Å². The number of halogens is 1. The van der Waals surface area contributed by atoms with E-state index >= 15 is 0 Å². The molecule has 0 unspecified atom stereocenters. The van der Waals surface area contributed by atoms with Gasteiger partial charge in [0.15, 0.2) is 0 Å². The van der Waals surface area contributed by atoms with Gasteiger partial charge in [-0.3, -0.25) is 9.69 Å². The number of amides is 1. The molecule has 112 valence electrons. The molecule has 2 aromatic carbocycles. The Morgan fingerprint density at radius 1 is 1.27 bits per heavy atom. The number of hydrogen-bond acceptors (Lipinski definition) is 3. The van der Waals surface area contributed by atoms with E-state index in [1.807, 2.05) is 12.1 Å². The summed E-state index contributed by atoms with van der Waals surface area (Å²) in [6, 6.07) is 15.0. The molecule has 1 amide bonds. The summed E-state index contributed by atoms with van der Waals surface area (Å²) in [7, 11) is 1.79. The first kappa shape index (κ1) is 15.7. The van der Waals surface area contributed by atoms with Crippen LogP contribution < -0.4 is 5.32 Å². The van der Waals surface area contributed by atoms with Gasteiger partial charge in [0.05, 0.1) is 18.2 Å². The highest BCUT2D eigenvalue weighted by Crippen LogP contribution is 2.10. The third kappa shape index (κ3) is 4.69. The summed E-state index contributed by atoms with van der Waals surface area (Å²) < 4.78 is 13.1. The van der Waals surface area contributed by atoms with Gasteiger partial charge in [0.1, 0.15) is 5.82 Å². The molecule has 0 radical (unpaired) electrons. The summed E-state index contributed by atoms with van der Waals surface area (Å²) in [5, 5.41) is 11.6. The van der Waals surface area contributed by atoms with E-state index < -0.39 is 0 Å². The van der Waals surface area contributed by atoms with Crippen molar-refractivity contribution in [1.29, 1.82) is 5.26 Å². The molecule has 0 fully saturated rings. The first-order valence-corrected chi connectivity index (χ1v) is 6.80. The van der Waals surface area contributed by atoms with Gasteiger partial charge in [-0.25, -0.2) is 4.39 Å². The maximum absolute atomic E-state index is 13.1. The first-order valence-electron chi connectivity index (χ1n) is 6.80. The molecule has 0 aliphatic rings. The topological polar surface area (TPSA) is 56.1 Å². The van der Waals surface area contributed by atoms with Crippen molar-refractivity contribution >= 4 is 11.6 Å². The van der Waals surface area contributed by atoms with Gasteiger partial charge >= 0.3 is 0 Å². The quantitative estimate of drug-likeness (QED) is 0.923. The lowest BCUT2D eigenvalue weighted by molar-refractivity contribution is -0.117. The lowest BCUT2D eigenvalue weighted by Gasteiger charge is -2.16. The molecule has 22 heavy (non-hydrogen) atoms. The maximum atomic E-state index is 13.1. The van der Waals surface area contributed by atoms with Gasteiger partial charge in [0.2, 0.25) is 5.91 Å². The van der Waals surface area contributed by atoms with Gasteiger partial charge in [-0.1, -0.05) is 18.2 Å². The van der Waals surface area contributed by atoms with Crippen LogP contribution in [0, 0.1) is 17.1 Å². The van der Waals surface area contributed by atoms with E-state index in [0.29, 0.717) is 17.8 Å². The summed E-state index contributed by atoms with van der Waals surface area (Å²) in [5.74, 6) is -0.474. The number of benzene rings is 2. The number of likely N-dealkylation sites (N-methyl/N-ethyl adjacent to an activating group) is 1. The average molecular weight is 297 g/mol. The van der Waals surface area contributed by atoms with Crippen molar-refractivity contribution < 1.29 is 9.18 Å². The lowest BCUT2D eigenvalue weighted by Crippen LogP contribution is -2.29. The minimum atomic E-state index is -0.288. The lowest BCUT2D eigenvalue weighted by atomic mass is 10.2. The summed E-state index contributed by atoms with van der Waals surface area (Å²) in [4.78, 5) is 13.8. The van der Waals surface area contributed by atoms with Crippen LogP contribution in [-0.2, 0) is 11.3 Å². The van der Waals surface area contributed by atoms with E-state index in [0.717, 1.165) is 5.56 Å². The van der Waals surface area contributed by atoms with Crippen molar-refractivity contribution in [2.45, 2.75) is 6.54 Å². The van der Waals surface area contributed by atoms with Crippen LogP contribution >= 0.6 is 0 Å². The summed E-state index contributed by atoms with van der Waals surface area (Å²) in [6.45, 7) is 0.650. The predicted molar refractivity (Wildman–Crippen MR) is 82.5 cm³/mol. The molecule has 0 atom stereocenters. The zero-order valence-corrected chi connectivity index (χ0v) is 12.2. The van der Waals surface area contributed by atoms with Crippen LogP contribution in [0.1, 0.15) is 11.1 Å². The van der Waals surface area contributed by atoms with Crippen LogP contribution in [-0.4, -0.2) is 24.4 Å². The zero-order valence-electron chi connectivity index (χ0n) is 12.2. The highest BCUT2D eigenvalue weighted by molar-refractivity contribution is 5.92. The molecule has 0 spiro atoms. The van der Waals surface area contributed by atoms with Crippen LogP contribution in [0.15, 0.2) is 48.5 Å². The zero-order chi connectivity index (χ0) is 15.9. The minimum Gasteiger partial charge on any atom is -0.325 e. The highest BCUT2D eigenvalue weighted by atomic mass is 19.1. The van der Waals surface area contributed by atoms with Crippen molar-refractivity contribution in [3.05, 3.63) is 65.5 Å². The standard InChI is InChI=1S/C17H16FN3O/c1-21(11-14-5-2-6-15(18)8-14)12-17(22)20-16-7-3-4-13(9-16)10-19/h2-9H,11-12H2,1H3,(H,20,22). The smallest absolute Gasteiger partial charge is 0.238 e. The normalized spacial score (nSPS) is 10.3. The molecule has 5 heteroatoms. The van der Waals surface area contributed by atoms with E-state index in [-0.39, 0.29) is 18.3 Å². The summed E-state index contributed by atoms with van der Waals surface area (Å²) in [6.07, 6.45) is 0. The molecular formula is C17H16FN3O. The molecule has 2 aromatic rings. The van der Waals surface area contributed by atoms with E-state index in [1.165, 1.54) is 12.1 Å². The molecule has 0 bridgehead atoms. The molecule has 0 aromatic heterocycles. The van der Waals surface area contributed by atoms with Crippen molar-refractivity contribution in [1.82, 2.24) is 4.90 Å². The number of nitrogens with zero attached hydrogens (tertiary/aromatic N) is 2. The third-order valence-corrected chi connectivity index (χ3v) is 3.03. The number of rotatable bonds is 5. The van der Waals surface area contributed by atoms with Crippen molar-refractivity contribution in [2.75, 3.05) is 18.9 Å². The van der Waals surface area contributed by atoms with Crippen LogP contribution in [0.3, 0.4) is 0 Å². The second-order valence-corrected chi connectivity index (χ2v) is 5.04. The Hall–Kier alpha value is -2.71. The van der Waals surface area contributed by atoms with E-state index in [9.17, 15) is 9.18 Å². The van der Waals surface area contributed by atoms with Gasteiger partial charge in [-0.05, 0) is 42.9 Å². The minimum absolute atomic E-state index is 0.174. The van der Waals surface area contributed by atoms with Crippen molar-refractivity contribution in [3.8, 4) is 6.07 Å². The molecular weight excluding hydrogens is 281 g/mol. The second kappa shape index (κ2) is 7.34. The largest absolute Gasteiger partial charge is 0.325 e. The van der Waals surface area contributed by atoms with E-state index in [4.69, 9.17) is 5.26 Å². The molecule has 0 saturated heterocycles. The molecule has 2 rings (SSSR count). The Morgan fingerprint density at radius 3 is 2.77 bits per heavy atom. The number of carbonyl (C=O) groups excluding carboxylic acids is 1. The number of anilines is 1. The molecule has 4 nitrogen and oxygen atoms in total. The van der Waals surface area contributed by atoms with Crippen LogP contribution in [0.2, 0.25) is 0 Å². The number of carbonyl (C=O) groups is 1. The molecule has 0 heterocycles. The first-order chi connectivity index (χ1) is 10.6. The third-order valence-electron chi connectivity index (χ3n) is 3.03. The fourth-order valence-corrected chi connectivity index (χ4v) is 2.12. The highest BCUT2D eigenvalue weighted by Gasteiger charge is 2.08. The predicted octanol–water partition coefficient (Wildman–Crippen LogP) is 2.77. The monoisotopic (exact) mass is 297 g/mol. The van der Waals surface area contributed by atoms with Crippen LogP contribution in [0.4, 0.5) is 10.1 Å². The Morgan fingerprint density at radius 2 is 2.05 bits per heavy atom. The van der Waals surface area contributed by atoms with Gasteiger partial charge in [-0.15, -0.1) is 0 Å². The van der Waals surface area contributed by atoms with Crippen LogP contribution in [0.25, 0.3) is 0 Å². The molecule has 1 N–H and O–H groups in total. The van der Waals surface area contributed by atoms with Gasteiger partial charge in [0, 0.05) is 12.2 Å². The molecule has 0 aliphatic heterocycles.